The van der Waals surface area contributed by atoms with Gasteiger partial charge in [0.15, 0.2) is 0 Å². The maximum atomic E-state index is 13.0. The van der Waals surface area contributed by atoms with E-state index in [0.717, 1.165) is 44.3 Å². The fourth-order valence-electron chi connectivity index (χ4n) is 3.84. The van der Waals surface area contributed by atoms with Gasteiger partial charge in [-0.1, -0.05) is 25.0 Å². The van der Waals surface area contributed by atoms with Gasteiger partial charge >= 0.3 is 0 Å². The van der Waals surface area contributed by atoms with Crippen LogP contribution in [0.1, 0.15) is 31.2 Å². The number of hydrogen-bond acceptors (Lipinski definition) is 4. The highest BCUT2D eigenvalue weighted by molar-refractivity contribution is 5.78. The molecule has 1 aromatic rings. The second-order valence-electron chi connectivity index (χ2n) is 6.97. The van der Waals surface area contributed by atoms with E-state index < -0.39 is 6.10 Å². The van der Waals surface area contributed by atoms with E-state index in [-0.39, 0.29) is 30.2 Å². The van der Waals surface area contributed by atoms with Gasteiger partial charge in [0.25, 0.3) is 0 Å². The van der Waals surface area contributed by atoms with Crippen LogP contribution >= 0.6 is 0 Å². The number of amides is 1. The summed E-state index contributed by atoms with van der Waals surface area (Å²) < 4.78 is 18.4. The van der Waals surface area contributed by atoms with Crippen molar-refractivity contribution in [3.8, 4) is 0 Å². The Bertz CT molecular complexity index is 560. The number of nitrogens with one attached hydrogen (secondary N) is 1. The molecule has 6 heteroatoms. The van der Waals surface area contributed by atoms with E-state index >= 15 is 0 Å². The van der Waals surface area contributed by atoms with Gasteiger partial charge in [-0.05, 0) is 30.5 Å². The number of aliphatic hydroxyl groups is 1. The maximum absolute atomic E-state index is 13.0. The van der Waals surface area contributed by atoms with Crippen LogP contribution in [0.5, 0.6) is 0 Å². The zero-order valence-corrected chi connectivity index (χ0v) is 14.5. The molecular weight excluding hydrogens is 323 g/mol. The lowest BCUT2D eigenvalue weighted by Crippen LogP contribution is -2.55. The number of hydrogen-bond donors (Lipinski definition) is 2. The molecule has 25 heavy (non-hydrogen) atoms. The van der Waals surface area contributed by atoms with Gasteiger partial charge in [0.2, 0.25) is 5.91 Å². The van der Waals surface area contributed by atoms with Crippen LogP contribution in [0, 0.1) is 5.82 Å². The van der Waals surface area contributed by atoms with Gasteiger partial charge in [-0.25, -0.2) is 4.39 Å². The lowest BCUT2D eigenvalue weighted by Gasteiger charge is -2.38. The molecule has 5 nitrogen and oxygen atoms in total. The number of nitrogens with zero attached hydrogens (tertiary/aromatic N) is 1. The number of carbonyl (C=O) groups is 1. The monoisotopic (exact) mass is 350 g/mol. The van der Waals surface area contributed by atoms with Gasteiger partial charge in [-0.15, -0.1) is 0 Å². The number of ether oxygens (including phenoxy) is 1. The SMILES string of the molecule is O=C(Cc1ccc(F)cc1)N[C@@H]1CCCC[C@@H](N2CCOCC2)[C@@H]1O. The maximum Gasteiger partial charge on any atom is 0.224 e. The number of benzene rings is 1. The first-order valence-electron chi connectivity index (χ1n) is 9.17. The predicted octanol–water partition coefficient (Wildman–Crippen LogP) is 1.49. The molecule has 0 radical (unpaired) electrons. The smallest absolute Gasteiger partial charge is 0.224 e. The molecule has 3 atom stereocenters. The van der Waals surface area contributed by atoms with Crippen LogP contribution in [0.15, 0.2) is 24.3 Å². The number of carbonyl (C=O) groups excluding carboxylic acids is 1. The molecule has 2 N–H and O–H groups in total. The molecule has 0 aromatic heterocycles. The normalized spacial score (nSPS) is 28.3. The van der Waals surface area contributed by atoms with E-state index in [1.54, 1.807) is 12.1 Å². The Morgan fingerprint density at radius 1 is 1.20 bits per heavy atom. The van der Waals surface area contributed by atoms with Crippen molar-refractivity contribution in [2.24, 2.45) is 0 Å². The van der Waals surface area contributed by atoms with Crippen LogP contribution in [-0.4, -0.2) is 60.4 Å². The summed E-state index contributed by atoms with van der Waals surface area (Å²) in [5.74, 6) is -0.435. The Hall–Kier alpha value is -1.50. The topological polar surface area (TPSA) is 61.8 Å². The first kappa shape index (κ1) is 18.3. The van der Waals surface area contributed by atoms with Crippen LogP contribution in [0.2, 0.25) is 0 Å². The first-order chi connectivity index (χ1) is 12.1. The Labute approximate surface area is 148 Å². The van der Waals surface area contributed by atoms with Crippen molar-refractivity contribution in [2.75, 3.05) is 26.3 Å². The molecule has 0 spiro atoms. The fraction of sp³-hybridized carbons (Fsp3) is 0.632. The van der Waals surface area contributed by atoms with Crippen LogP contribution in [0.3, 0.4) is 0 Å². The average Bonchev–Trinajstić information content (AvgIpc) is 2.80. The van der Waals surface area contributed by atoms with Crippen LogP contribution < -0.4 is 5.32 Å². The molecular formula is C19H27FN2O3. The molecule has 1 aromatic carbocycles. The van der Waals surface area contributed by atoms with E-state index in [2.05, 4.69) is 10.2 Å². The van der Waals surface area contributed by atoms with Gasteiger partial charge in [-0.2, -0.15) is 0 Å². The fourth-order valence-corrected chi connectivity index (χ4v) is 3.84. The molecule has 0 unspecified atom stereocenters. The highest BCUT2D eigenvalue weighted by Crippen LogP contribution is 2.24. The average molecular weight is 350 g/mol. The zero-order chi connectivity index (χ0) is 17.6. The minimum Gasteiger partial charge on any atom is -0.389 e. The molecule has 2 aliphatic rings. The Kier molecular flexibility index (Phi) is 6.39. The summed E-state index contributed by atoms with van der Waals surface area (Å²) in [5.41, 5.74) is 0.770. The quantitative estimate of drug-likeness (QED) is 0.808. The van der Waals surface area contributed by atoms with Crippen molar-refractivity contribution in [2.45, 2.75) is 50.3 Å². The minimum atomic E-state index is -0.572. The van der Waals surface area contributed by atoms with Crippen molar-refractivity contribution in [1.82, 2.24) is 10.2 Å². The Morgan fingerprint density at radius 3 is 2.60 bits per heavy atom. The summed E-state index contributed by atoms with van der Waals surface area (Å²) in [6.45, 7) is 3.06. The standard InChI is InChI=1S/C19H27FN2O3/c20-15-7-5-14(6-8-15)13-18(23)21-16-3-1-2-4-17(19(16)24)22-9-11-25-12-10-22/h5-8,16-17,19,24H,1-4,9-13H2,(H,21,23)/t16-,17-,19-/m1/s1. The number of rotatable bonds is 4. The van der Waals surface area contributed by atoms with Crippen molar-refractivity contribution in [1.29, 1.82) is 0 Å². The van der Waals surface area contributed by atoms with E-state index in [0.29, 0.717) is 13.2 Å². The lowest BCUT2D eigenvalue weighted by atomic mass is 9.99. The van der Waals surface area contributed by atoms with Crippen LogP contribution in [-0.2, 0) is 16.0 Å². The third-order valence-corrected chi connectivity index (χ3v) is 5.21. The molecule has 1 saturated carbocycles. The molecule has 3 rings (SSSR count). The summed E-state index contributed by atoms with van der Waals surface area (Å²) >= 11 is 0. The third kappa shape index (κ3) is 5.00. The highest BCUT2D eigenvalue weighted by Gasteiger charge is 2.35. The van der Waals surface area contributed by atoms with Gasteiger partial charge in [0.05, 0.1) is 31.8 Å². The Morgan fingerprint density at radius 2 is 1.88 bits per heavy atom. The molecule has 1 saturated heterocycles. The predicted molar refractivity (Wildman–Crippen MR) is 92.7 cm³/mol. The van der Waals surface area contributed by atoms with Crippen molar-refractivity contribution < 1.29 is 19.0 Å². The van der Waals surface area contributed by atoms with E-state index in [1.807, 2.05) is 0 Å². The minimum absolute atomic E-state index is 0.0718. The summed E-state index contributed by atoms with van der Waals surface area (Å²) in [6, 6.07) is 5.80. The van der Waals surface area contributed by atoms with Crippen LogP contribution in [0.4, 0.5) is 4.39 Å². The van der Waals surface area contributed by atoms with Crippen LogP contribution in [0.25, 0.3) is 0 Å². The molecule has 138 valence electrons. The summed E-state index contributed by atoms with van der Waals surface area (Å²) in [4.78, 5) is 14.6. The molecule has 1 aliphatic heterocycles. The van der Waals surface area contributed by atoms with E-state index in [1.165, 1.54) is 12.1 Å². The second-order valence-corrected chi connectivity index (χ2v) is 6.97. The van der Waals surface area contributed by atoms with Gasteiger partial charge in [0, 0.05) is 19.1 Å². The summed E-state index contributed by atoms with van der Waals surface area (Å²) in [5, 5.41) is 13.9. The zero-order valence-electron chi connectivity index (χ0n) is 14.5. The number of halogens is 1. The highest BCUT2D eigenvalue weighted by atomic mass is 19.1. The van der Waals surface area contributed by atoms with Gasteiger partial charge in [0.1, 0.15) is 5.82 Å². The lowest BCUT2D eigenvalue weighted by molar-refractivity contribution is -0.122. The first-order valence-corrected chi connectivity index (χ1v) is 9.17. The largest absolute Gasteiger partial charge is 0.389 e. The van der Waals surface area contributed by atoms with Gasteiger partial charge in [-0.3, -0.25) is 9.69 Å². The summed E-state index contributed by atoms with van der Waals surface area (Å²) in [7, 11) is 0. The molecule has 2 fully saturated rings. The second kappa shape index (κ2) is 8.74. The van der Waals surface area contributed by atoms with Crippen molar-refractivity contribution >= 4 is 5.91 Å². The number of aliphatic hydroxyl groups excluding tert-OH is 1. The molecule has 1 heterocycles. The van der Waals surface area contributed by atoms with Crippen molar-refractivity contribution in [3.63, 3.8) is 0 Å². The Balaban J connectivity index is 1.59. The van der Waals surface area contributed by atoms with E-state index in [9.17, 15) is 14.3 Å². The molecule has 1 aliphatic carbocycles. The number of morpholine rings is 1. The summed E-state index contributed by atoms with van der Waals surface area (Å²) in [6.07, 6.45) is 3.43. The third-order valence-electron chi connectivity index (χ3n) is 5.21. The van der Waals surface area contributed by atoms with Crippen molar-refractivity contribution in [3.05, 3.63) is 35.6 Å². The van der Waals surface area contributed by atoms with E-state index in [4.69, 9.17) is 4.74 Å². The van der Waals surface area contributed by atoms with Gasteiger partial charge < -0.3 is 15.2 Å². The molecule has 1 amide bonds. The molecule has 0 bridgehead atoms.